The Morgan fingerprint density at radius 1 is 1.50 bits per heavy atom. The highest BCUT2D eigenvalue weighted by atomic mass is 32.2. The van der Waals surface area contributed by atoms with Gasteiger partial charge in [-0.25, -0.2) is 4.99 Å². The zero-order valence-corrected chi connectivity index (χ0v) is 14.8. The fourth-order valence-corrected chi connectivity index (χ4v) is 3.39. The number of rotatable bonds is 6. The fraction of sp³-hybridized carbons (Fsp3) is 0.688. The van der Waals surface area contributed by atoms with Crippen LogP contribution in [0.2, 0.25) is 0 Å². The summed E-state index contributed by atoms with van der Waals surface area (Å²) in [5.74, 6) is 2.60. The van der Waals surface area contributed by atoms with Gasteiger partial charge in [0.1, 0.15) is 23.3 Å². The summed E-state index contributed by atoms with van der Waals surface area (Å²) in [4.78, 5) is 8.84. The second kappa shape index (κ2) is 8.04. The van der Waals surface area contributed by atoms with Gasteiger partial charge in [-0.05, 0) is 33.8 Å². The molecule has 0 N–H and O–H groups in total. The van der Waals surface area contributed by atoms with E-state index in [1.165, 1.54) is 0 Å². The number of nitrogens with zero attached hydrogens (tertiary/aromatic N) is 3. The second-order valence-electron chi connectivity index (χ2n) is 5.52. The summed E-state index contributed by atoms with van der Waals surface area (Å²) in [7, 11) is 0. The van der Waals surface area contributed by atoms with Crippen molar-refractivity contribution in [1.29, 1.82) is 0 Å². The molecule has 2 aliphatic heterocycles. The molecule has 22 heavy (non-hydrogen) atoms. The van der Waals surface area contributed by atoms with Gasteiger partial charge in [-0.15, -0.1) is 11.8 Å². The third kappa shape index (κ3) is 4.27. The molecule has 1 fully saturated rings. The lowest BCUT2D eigenvalue weighted by Crippen LogP contribution is -2.37. The molecule has 5 nitrogen and oxygen atoms in total. The monoisotopic (exact) mass is 325 g/mol. The molecule has 2 rings (SSSR count). The maximum atomic E-state index is 6.04. The van der Waals surface area contributed by atoms with Crippen molar-refractivity contribution in [3.8, 4) is 0 Å². The SMILES string of the molecule is C=C1N=C(N(CC)CC)C=CN1[C@H]1CS[C@@H](COC(C)C)O1. The van der Waals surface area contributed by atoms with Crippen molar-refractivity contribution in [3.05, 3.63) is 24.7 Å². The van der Waals surface area contributed by atoms with Crippen LogP contribution in [0.1, 0.15) is 27.7 Å². The van der Waals surface area contributed by atoms with Gasteiger partial charge in [-0.1, -0.05) is 6.58 Å². The number of aliphatic imine (C=N–C) groups is 1. The molecule has 2 atom stereocenters. The Kier molecular flexibility index (Phi) is 6.35. The van der Waals surface area contributed by atoms with Gasteiger partial charge in [-0.2, -0.15) is 0 Å². The van der Waals surface area contributed by atoms with Crippen LogP contribution in [0.15, 0.2) is 29.7 Å². The third-order valence-corrected chi connectivity index (χ3v) is 4.72. The van der Waals surface area contributed by atoms with Crippen LogP contribution in [0.5, 0.6) is 0 Å². The number of hydrogen-bond acceptors (Lipinski definition) is 6. The normalized spacial score (nSPS) is 25.0. The Bertz CT molecular complexity index is 447. The number of ether oxygens (including phenoxy) is 2. The Balaban J connectivity index is 1.91. The molecule has 0 aromatic rings. The standard InChI is InChI=1S/C16H27N3O2S/c1-6-18(7-2)14-8-9-19(13(5)17-14)15-11-22-16(21-15)10-20-12(3)4/h8-9,12,15-16H,5-7,10-11H2,1-4H3/t15-,16+/m1/s1. The predicted molar refractivity (Wildman–Crippen MR) is 92.7 cm³/mol. The Morgan fingerprint density at radius 3 is 2.82 bits per heavy atom. The second-order valence-corrected chi connectivity index (χ2v) is 6.71. The van der Waals surface area contributed by atoms with Crippen LogP contribution in [0, 0.1) is 0 Å². The first-order chi connectivity index (χ1) is 10.5. The highest BCUT2D eigenvalue weighted by Gasteiger charge is 2.32. The average Bonchev–Trinajstić information content (AvgIpc) is 2.95. The first kappa shape index (κ1) is 17.4. The van der Waals surface area contributed by atoms with Crippen LogP contribution < -0.4 is 0 Å². The average molecular weight is 325 g/mol. The number of amidine groups is 1. The van der Waals surface area contributed by atoms with E-state index < -0.39 is 0 Å². The molecule has 0 amide bonds. The van der Waals surface area contributed by atoms with E-state index in [4.69, 9.17) is 9.47 Å². The molecule has 1 saturated heterocycles. The van der Waals surface area contributed by atoms with E-state index in [1.54, 1.807) is 11.8 Å². The minimum absolute atomic E-state index is 0.0171. The summed E-state index contributed by atoms with van der Waals surface area (Å²) in [6.07, 6.45) is 4.28. The third-order valence-electron chi connectivity index (χ3n) is 3.62. The highest BCUT2D eigenvalue weighted by Crippen LogP contribution is 2.30. The zero-order valence-electron chi connectivity index (χ0n) is 14.0. The molecule has 6 heteroatoms. The van der Waals surface area contributed by atoms with E-state index in [-0.39, 0.29) is 17.8 Å². The number of likely N-dealkylation sites (N-methyl/N-ethyl adjacent to an activating group) is 1. The number of thioether (sulfide) groups is 1. The molecule has 124 valence electrons. The molecule has 0 radical (unpaired) electrons. The molecule has 0 spiro atoms. The van der Waals surface area contributed by atoms with Crippen LogP contribution in [-0.4, -0.2) is 58.9 Å². The van der Waals surface area contributed by atoms with E-state index in [9.17, 15) is 0 Å². The van der Waals surface area contributed by atoms with Gasteiger partial charge in [0.25, 0.3) is 0 Å². The Labute approximate surface area is 138 Å². The molecule has 2 heterocycles. The minimum atomic E-state index is -0.0171. The van der Waals surface area contributed by atoms with Crippen LogP contribution in [0.3, 0.4) is 0 Å². The summed E-state index contributed by atoms with van der Waals surface area (Å²) >= 11 is 1.78. The van der Waals surface area contributed by atoms with Crippen molar-refractivity contribution in [3.63, 3.8) is 0 Å². The fourth-order valence-electron chi connectivity index (χ4n) is 2.39. The lowest BCUT2D eigenvalue weighted by molar-refractivity contribution is -0.0490. The first-order valence-electron chi connectivity index (χ1n) is 7.92. The molecule has 0 aromatic heterocycles. The van der Waals surface area contributed by atoms with E-state index in [2.05, 4.69) is 30.3 Å². The molecule has 0 saturated carbocycles. The molecular formula is C16H27N3O2S. The van der Waals surface area contributed by atoms with Crippen LogP contribution in [-0.2, 0) is 9.47 Å². The zero-order chi connectivity index (χ0) is 16.1. The Hall–Kier alpha value is -0.980. The van der Waals surface area contributed by atoms with Gasteiger partial charge in [0.15, 0.2) is 0 Å². The Morgan fingerprint density at radius 2 is 2.23 bits per heavy atom. The summed E-state index contributed by atoms with van der Waals surface area (Å²) in [5.41, 5.74) is 0.0850. The van der Waals surface area contributed by atoms with E-state index >= 15 is 0 Å². The summed E-state index contributed by atoms with van der Waals surface area (Å²) < 4.78 is 11.7. The predicted octanol–water partition coefficient (Wildman–Crippen LogP) is 2.87. The largest absolute Gasteiger partial charge is 0.375 e. The van der Waals surface area contributed by atoms with E-state index in [0.717, 1.165) is 30.5 Å². The van der Waals surface area contributed by atoms with Gasteiger partial charge in [0.2, 0.25) is 0 Å². The van der Waals surface area contributed by atoms with Crippen LogP contribution in [0.25, 0.3) is 0 Å². The maximum absolute atomic E-state index is 6.04. The van der Waals surface area contributed by atoms with E-state index in [1.807, 2.05) is 31.0 Å². The van der Waals surface area contributed by atoms with Gasteiger partial charge in [0.05, 0.1) is 12.7 Å². The molecule has 2 aliphatic rings. The summed E-state index contributed by atoms with van der Waals surface area (Å²) in [6.45, 7) is 14.9. The molecule has 0 aromatic carbocycles. The number of hydrogen-bond donors (Lipinski definition) is 0. The topological polar surface area (TPSA) is 37.3 Å². The quantitative estimate of drug-likeness (QED) is 0.751. The van der Waals surface area contributed by atoms with Gasteiger partial charge < -0.3 is 19.3 Å². The summed E-state index contributed by atoms with van der Waals surface area (Å²) in [5, 5.41) is 0. The highest BCUT2D eigenvalue weighted by molar-refractivity contribution is 8.00. The first-order valence-corrected chi connectivity index (χ1v) is 8.97. The molecule has 0 bridgehead atoms. The minimum Gasteiger partial charge on any atom is -0.375 e. The lowest BCUT2D eigenvalue weighted by atomic mass is 10.3. The van der Waals surface area contributed by atoms with Crippen molar-refractivity contribution in [2.45, 2.75) is 45.5 Å². The van der Waals surface area contributed by atoms with E-state index in [0.29, 0.717) is 6.61 Å². The molecular weight excluding hydrogens is 298 g/mol. The molecule has 0 aliphatic carbocycles. The van der Waals surface area contributed by atoms with Gasteiger partial charge in [0, 0.05) is 25.0 Å². The van der Waals surface area contributed by atoms with Crippen LogP contribution >= 0.6 is 11.8 Å². The van der Waals surface area contributed by atoms with Crippen molar-refractivity contribution in [2.24, 2.45) is 4.99 Å². The van der Waals surface area contributed by atoms with Crippen LogP contribution in [0.4, 0.5) is 0 Å². The van der Waals surface area contributed by atoms with Crippen molar-refractivity contribution in [1.82, 2.24) is 9.80 Å². The smallest absolute Gasteiger partial charge is 0.145 e. The summed E-state index contributed by atoms with van der Waals surface area (Å²) in [6, 6.07) is 0. The van der Waals surface area contributed by atoms with Crippen molar-refractivity contribution in [2.75, 3.05) is 25.4 Å². The molecule has 0 unspecified atom stereocenters. The van der Waals surface area contributed by atoms with Gasteiger partial charge >= 0.3 is 0 Å². The lowest BCUT2D eigenvalue weighted by Gasteiger charge is -2.31. The maximum Gasteiger partial charge on any atom is 0.145 e. The van der Waals surface area contributed by atoms with Gasteiger partial charge in [-0.3, -0.25) is 0 Å². The van der Waals surface area contributed by atoms with Crippen molar-refractivity contribution < 1.29 is 9.47 Å². The van der Waals surface area contributed by atoms with Crippen molar-refractivity contribution >= 4 is 17.6 Å².